The summed E-state index contributed by atoms with van der Waals surface area (Å²) in [6.07, 6.45) is 6.43. The van der Waals surface area contributed by atoms with E-state index in [2.05, 4.69) is 4.98 Å². The molecule has 4 heteroatoms. The highest BCUT2D eigenvalue weighted by Gasteiger charge is 2.23. The summed E-state index contributed by atoms with van der Waals surface area (Å²) in [4.78, 5) is 16.0. The summed E-state index contributed by atoms with van der Waals surface area (Å²) in [6, 6.07) is 1.71. The van der Waals surface area contributed by atoms with Crippen molar-refractivity contribution in [1.82, 2.24) is 4.98 Å². The van der Waals surface area contributed by atoms with Crippen LogP contribution >= 0.6 is 0 Å². The van der Waals surface area contributed by atoms with Gasteiger partial charge >= 0.3 is 5.97 Å². The van der Waals surface area contributed by atoms with E-state index in [0.717, 1.165) is 24.8 Å². The highest BCUT2D eigenvalue weighted by atomic mass is 16.6. The van der Waals surface area contributed by atoms with E-state index in [4.69, 9.17) is 9.47 Å². The number of nitrogens with zero attached hydrogens (tertiary/aromatic N) is 1. The van der Waals surface area contributed by atoms with Crippen molar-refractivity contribution in [3.8, 4) is 0 Å². The lowest BCUT2D eigenvalue weighted by Gasteiger charge is -2.12. The van der Waals surface area contributed by atoms with Crippen LogP contribution in [0.1, 0.15) is 42.6 Å². The van der Waals surface area contributed by atoms with Crippen LogP contribution in [0.5, 0.6) is 0 Å². The fourth-order valence-corrected chi connectivity index (χ4v) is 2.16. The van der Waals surface area contributed by atoms with Crippen molar-refractivity contribution in [2.75, 3.05) is 6.61 Å². The third-order valence-electron chi connectivity index (χ3n) is 3.22. The topological polar surface area (TPSA) is 48.4 Å². The smallest absolute Gasteiger partial charge is 0.338 e. The van der Waals surface area contributed by atoms with Gasteiger partial charge in [0.1, 0.15) is 6.61 Å². The van der Waals surface area contributed by atoms with Crippen LogP contribution in [0.15, 0.2) is 18.5 Å². The number of ether oxygens (including phenoxy) is 2. The lowest BCUT2D eigenvalue weighted by atomic mass is 10.1. The summed E-state index contributed by atoms with van der Waals surface area (Å²) >= 11 is 0. The molecule has 98 valence electrons. The second-order valence-electron chi connectivity index (χ2n) is 4.63. The molecule has 4 nitrogen and oxygen atoms in total. The number of carbonyl (C=O) groups is 1. The average Bonchev–Trinajstić information content (AvgIpc) is 2.81. The van der Waals surface area contributed by atoms with Crippen LogP contribution in [0.25, 0.3) is 0 Å². The van der Waals surface area contributed by atoms with Crippen LogP contribution < -0.4 is 0 Å². The fourth-order valence-electron chi connectivity index (χ4n) is 2.16. The first kappa shape index (κ1) is 13.0. The molecule has 18 heavy (non-hydrogen) atoms. The van der Waals surface area contributed by atoms with Gasteiger partial charge in [-0.15, -0.1) is 0 Å². The summed E-state index contributed by atoms with van der Waals surface area (Å²) in [5.74, 6) is -0.280. The maximum Gasteiger partial charge on any atom is 0.338 e. The normalized spacial score (nSPS) is 23.0. The van der Waals surface area contributed by atoms with Crippen LogP contribution in [0.2, 0.25) is 0 Å². The molecule has 0 aromatic carbocycles. The van der Waals surface area contributed by atoms with Crippen LogP contribution in [-0.4, -0.2) is 29.8 Å². The molecule has 2 rings (SSSR count). The predicted octanol–water partition coefficient (Wildman–Crippen LogP) is 2.37. The Hall–Kier alpha value is -1.42. The Labute approximate surface area is 107 Å². The van der Waals surface area contributed by atoms with E-state index < -0.39 is 0 Å². The van der Waals surface area contributed by atoms with Gasteiger partial charge in [0.05, 0.1) is 17.8 Å². The van der Waals surface area contributed by atoms with Gasteiger partial charge in [0.2, 0.25) is 0 Å². The number of hydrogen-bond donors (Lipinski definition) is 0. The van der Waals surface area contributed by atoms with Gasteiger partial charge in [0.25, 0.3) is 0 Å². The molecule has 0 N–H and O–H groups in total. The van der Waals surface area contributed by atoms with E-state index in [1.165, 1.54) is 0 Å². The van der Waals surface area contributed by atoms with Gasteiger partial charge in [-0.25, -0.2) is 4.79 Å². The molecule has 2 atom stereocenters. The Morgan fingerprint density at radius 2 is 2.39 bits per heavy atom. The number of carbonyl (C=O) groups excluding carboxylic acids is 1. The second kappa shape index (κ2) is 5.96. The molecule has 2 unspecified atom stereocenters. The summed E-state index contributed by atoms with van der Waals surface area (Å²) in [7, 11) is 0. The molecule has 1 aromatic heterocycles. The van der Waals surface area contributed by atoms with Crippen molar-refractivity contribution in [2.24, 2.45) is 0 Å². The van der Waals surface area contributed by atoms with Gasteiger partial charge in [-0.1, -0.05) is 6.92 Å². The molecular weight excluding hydrogens is 230 g/mol. The molecule has 1 saturated heterocycles. The minimum Gasteiger partial charge on any atom is -0.459 e. The highest BCUT2D eigenvalue weighted by molar-refractivity contribution is 5.90. The number of esters is 1. The number of aryl methyl sites for hydroxylation is 1. The van der Waals surface area contributed by atoms with Gasteiger partial charge < -0.3 is 9.47 Å². The van der Waals surface area contributed by atoms with Crippen molar-refractivity contribution in [1.29, 1.82) is 0 Å². The third-order valence-corrected chi connectivity index (χ3v) is 3.22. The molecule has 0 saturated carbocycles. The molecular formula is C14H19NO3. The van der Waals surface area contributed by atoms with Gasteiger partial charge in [-0.2, -0.15) is 0 Å². The zero-order valence-corrected chi connectivity index (χ0v) is 10.9. The highest BCUT2D eigenvalue weighted by Crippen LogP contribution is 2.19. The lowest BCUT2D eigenvalue weighted by molar-refractivity contribution is -0.00272. The molecule has 0 spiro atoms. The zero-order valence-electron chi connectivity index (χ0n) is 10.9. The van der Waals surface area contributed by atoms with Crippen LogP contribution in [-0.2, 0) is 15.9 Å². The number of rotatable bonds is 4. The quantitative estimate of drug-likeness (QED) is 0.769. The molecule has 0 bridgehead atoms. The van der Waals surface area contributed by atoms with Gasteiger partial charge in [0.15, 0.2) is 0 Å². The van der Waals surface area contributed by atoms with Crippen molar-refractivity contribution < 1.29 is 14.3 Å². The second-order valence-corrected chi connectivity index (χ2v) is 4.63. The van der Waals surface area contributed by atoms with E-state index in [1.54, 1.807) is 18.5 Å². The first-order chi connectivity index (χ1) is 8.70. The van der Waals surface area contributed by atoms with Crippen molar-refractivity contribution in [3.63, 3.8) is 0 Å². The summed E-state index contributed by atoms with van der Waals surface area (Å²) in [5.41, 5.74) is 1.53. The first-order valence-electron chi connectivity index (χ1n) is 6.46. The first-order valence-corrected chi connectivity index (χ1v) is 6.46. The molecule has 0 aliphatic carbocycles. The van der Waals surface area contributed by atoms with Crippen molar-refractivity contribution >= 4 is 5.97 Å². The standard InChI is InChI=1S/C14H19NO3/c1-3-11-8-15-7-6-13(11)14(16)17-9-12-5-4-10(2)18-12/h6-8,10,12H,3-5,9H2,1-2H3. The van der Waals surface area contributed by atoms with Crippen LogP contribution in [0, 0.1) is 0 Å². The summed E-state index contributed by atoms with van der Waals surface area (Å²) in [5, 5.41) is 0. The minimum absolute atomic E-state index is 0.0517. The van der Waals surface area contributed by atoms with Crippen molar-refractivity contribution in [2.45, 2.75) is 45.3 Å². The van der Waals surface area contributed by atoms with Gasteiger partial charge in [0, 0.05) is 12.4 Å². The Balaban J connectivity index is 1.91. The number of pyridine rings is 1. The largest absolute Gasteiger partial charge is 0.459 e. The molecule has 0 radical (unpaired) electrons. The SMILES string of the molecule is CCc1cnccc1C(=O)OCC1CCC(C)O1. The summed E-state index contributed by atoms with van der Waals surface area (Å²) < 4.78 is 10.9. The van der Waals surface area contributed by atoms with E-state index in [1.807, 2.05) is 13.8 Å². The van der Waals surface area contributed by atoms with E-state index in [9.17, 15) is 4.79 Å². The van der Waals surface area contributed by atoms with Gasteiger partial charge in [-0.05, 0) is 37.8 Å². The molecule has 0 amide bonds. The Morgan fingerprint density at radius 1 is 1.56 bits per heavy atom. The third kappa shape index (κ3) is 3.07. The lowest BCUT2D eigenvalue weighted by Crippen LogP contribution is -2.19. The van der Waals surface area contributed by atoms with E-state index >= 15 is 0 Å². The molecule has 1 fully saturated rings. The average molecular weight is 249 g/mol. The maximum atomic E-state index is 12.0. The monoisotopic (exact) mass is 249 g/mol. The Morgan fingerprint density at radius 3 is 3.06 bits per heavy atom. The number of aromatic nitrogens is 1. The zero-order chi connectivity index (χ0) is 13.0. The molecule has 1 aliphatic rings. The Bertz CT molecular complexity index is 419. The van der Waals surface area contributed by atoms with Crippen LogP contribution in [0.3, 0.4) is 0 Å². The van der Waals surface area contributed by atoms with E-state index in [-0.39, 0.29) is 18.2 Å². The number of hydrogen-bond acceptors (Lipinski definition) is 4. The minimum atomic E-state index is -0.280. The maximum absolute atomic E-state index is 12.0. The van der Waals surface area contributed by atoms with Gasteiger partial charge in [-0.3, -0.25) is 4.98 Å². The van der Waals surface area contributed by atoms with Crippen molar-refractivity contribution in [3.05, 3.63) is 29.6 Å². The predicted molar refractivity (Wildman–Crippen MR) is 67.5 cm³/mol. The Kier molecular flexibility index (Phi) is 4.31. The summed E-state index contributed by atoms with van der Waals surface area (Å²) in [6.45, 7) is 4.38. The van der Waals surface area contributed by atoms with Crippen LogP contribution in [0.4, 0.5) is 0 Å². The molecule has 1 aliphatic heterocycles. The molecule has 2 heterocycles. The fraction of sp³-hybridized carbons (Fsp3) is 0.571. The molecule has 1 aromatic rings. The van der Waals surface area contributed by atoms with E-state index in [0.29, 0.717) is 12.2 Å².